The number of nitro groups is 1. The first-order valence-corrected chi connectivity index (χ1v) is 9.46. The second-order valence-corrected chi connectivity index (χ2v) is 7.29. The number of rotatable bonds is 4. The zero-order valence-corrected chi connectivity index (χ0v) is 16.2. The molecule has 1 saturated heterocycles. The molecule has 1 amide bonds. The van der Waals surface area contributed by atoms with Gasteiger partial charge in [-0.2, -0.15) is 0 Å². The van der Waals surface area contributed by atoms with Crippen molar-refractivity contribution in [2.75, 3.05) is 23.3 Å². The predicted octanol–water partition coefficient (Wildman–Crippen LogP) is 3.60. The number of benzene rings is 1. The van der Waals surface area contributed by atoms with Gasteiger partial charge in [0.05, 0.1) is 4.92 Å². The van der Waals surface area contributed by atoms with Crippen LogP contribution in [0.25, 0.3) is 10.9 Å². The van der Waals surface area contributed by atoms with Crippen LogP contribution >= 0.6 is 0 Å². The van der Waals surface area contributed by atoms with E-state index >= 15 is 0 Å². The molecule has 0 spiro atoms. The van der Waals surface area contributed by atoms with Crippen molar-refractivity contribution in [2.45, 2.75) is 26.7 Å². The minimum atomic E-state index is -0.402. The van der Waals surface area contributed by atoms with Crippen LogP contribution in [-0.4, -0.2) is 34.1 Å². The molecular weight excluding hydrogens is 374 g/mol. The van der Waals surface area contributed by atoms with Crippen molar-refractivity contribution >= 4 is 34.0 Å². The number of nitrogens with zero attached hydrogens (tertiary/aromatic N) is 4. The van der Waals surface area contributed by atoms with Crippen molar-refractivity contribution in [1.82, 2.24) is 10.1 Å². The normalized spacial score (nSPS) is 14.9. The van der Waals surface area contributed by atoms with Crippen molar-refractivity contribution in [1.29, 1.82) is 0 Å². The number of hydrogen-bond donors (Lipinski definition) is 1. The predicted molar refractivity (Wildman–Crippen MR) is 108 cm³/mol. The van der Waals surface area contributed by atoms with Crippen LogP contribution in [0.15, 0.2) is 34.9 Å². The quantitative estimate of drug-likeness (QED) is 0.530. The molecule has 0 saturated carbocycles. The Morgan fingerprint density at radius 3 is 2.69 bits per heavy atom. The molecule has 9 heteroatoms. The third kappa shape index (κ3) is 3.75. The van der Waals surface area contributed by atoms with Gasteiger partial charge in [0.25, 0.3) is 5.69 Å². The highest BCUT2D eigenvalue weighted by atomic mass is 16.6. The summed E-state index contributed by atoms with van der Waals surface area (Å²) in [6, 6.07) is 8.65. The van der Waals surface area contributed by atoms with Gasteiger partial charge in [-0.1, -0.05) is 17.3 Å². The maximum absolute atomic E-state index is 12.5. The lowest BCUT2D eigenvalue weighted by Gasteiger charge is -2.33. The average Bonchev–Trinajstić information content (AvgIpc) is 3.11. The molecule has 0 atom stereocenters. The van der Waals surface area contributed by atoms with Crippen LogP contribution in [-0.2, 0) is 4.79 Å². The van der Waals surface area contributed by atoms with Gasteiger partial charge in [-0.25, -0.2) is 4.98 Å². The number of fused-ring (bicyclic) bond motifs is 1. The smallest absolute Gasteiger partial charge is 0.295 e. The molecule has 4 rings (SSSR count). The Morgan fingerprint density at radius 1 is 1.28 bits per heavy atom. The highest BCUT2D eigenvalue weighted by molar-refractivity contribution is 5.97. The summed E-state index contributed by atoms with van der Waals surface area (Å²) in [4.78, 5) is 30.1. The third-order valence-electron chi connectivity index (χ3n) is 5.21. The van der Waals surface area contributed by atoms with Crippen LogP contribution in [0, 0.1) is 29.9 Å². The first kappa shape index (κ1) is 18.9. The summed E-state index contributed by atoms with van der Waals surface area (Å²) < 4.78 is 4.98. The molecule has 0 radical (unpaired) electrons. The highest BCUT2D eigenvalue weighted by Gasteiger charge is 2.27. The van der Waals surface area contributed by atoms with E-state index in [9.17, 15) is 14.9 Å². The number of pyridine rings is 1. The second kappa shape index (κ2) is 7.50. The van der Waals surface area contributed by atoms with Crippen molar-refractivity contribution in [3.8, 4) is 0 Å². The fraction of sp³-hybridized carbons (Fsp3) is 0.350. The first-order chi connectivity index (χ1) is 13.9. The number of amides is 1. The zero-order chi connectivity index (χ0) is 20.5. The number of aromatic nitrogens is 2. The molecular formula is C20H21N5O4. The van der Waals surface area contributed by atoms with E-state index in [1.807, 2.05) is 19.1 Å². The van der Waals surface area contributed by atoms with Crippen molar-refractivity contribution in [3.63, 3.8) is 0 Å². The van der Waals surface area contributed by atoms with Crippen LogP contribution < -0.4 is 10.2 Å². The van der Waals surface area contributed by atoms with E-state index in [1.165, 1.54) is 6.07 Å². The summed E-state index contributed by atoms with van der Waals surface area (Å²) in [5, 5.41) is 18.7. The number of aryl methyl sites for hydroxylation is 2. The Balaban J connectivity index is 1.52. The number of anilines is 2. The van der Waals surface area contributed by atoms with E-state index in [1.54, 1.807) is 19.1 Å². The number of para-hydroxylation sites is 1. The monoisotopic (exact) mass is 395 g/mol. The molecule has 0 aliphatic carbocycles. The minimum Gasteiger partial charge on any atom is -0.371 e. The number of piperidine rings is 1. The number of non-ortho nitro benzene ring substituents is 1. The Hall–Kier alpha value is -3.49. The SMILES string of the molecule is Cc1cc(N2CCC(C(=O)Nc3cc(C)on3)CC2)c2cccc([N+](=O)[O-])c2n1. The molecule has 1 fully saturated rings. The van der Waals surface area contributed by atoms with E-state index in [2.05, 4.69) is 20.4 Å². The van der Waals surface area contributed by atoms with Gasteiger partial charge in [-0.3, -0.25) is 14.9 Å². The van der Waals surface area contributed by atoms with E-state index in [0.717, 1.165) is 16.8 Å². The van der Waals surface area contributed by atoms with Crippen molar-refractivity contribution in [3.05, 3.63) is 51.9 Å². The van der Waals surface area contributed by atoms with Gasteiger partial charge in [0.15, 0.2) is 11.3 Å². The minimum absolute atomic E-state index is 0.00428. The van der Waals surface area contributed by atoms with Gasteiger partial charge >= 0.3 is 0 Å². The van der Waals surface area contributed by atoms with E-state index < -0.39 is 4.92 Å². The van der Waals surface area contributed by atoms with Crippen LogP contribution in [0.4, 0.5) is 17.2 Å². The maximum Gasteiger partial charge on any atom is 0.295 e. The first-order valence-electron chi connectivity index (χ1n) is 9.46. The molecule has 1 N–H and O–H groups in total. The molecule has 1 aliphatic heterocycles. The van der Waals surface area contributed by atoms with Crippen LogP contribution in [0.3, 0.4) is 0 Å². The zero-order valence-electron chi connectivity index (χ0n) is 16.2. The largest absolute Gasteiger partial charge is 0.371 e. The van der Waals surface area contributed by atoms with E-state index in [4.69, 9.17) is 4.52 Å². The summed E-state index contributed by atoms with van der Waals surface area (Å²) >= 11 is 0. The third-order valence-corrected chi connectivity index (χ3v) is 5.21. The molecule has 2 aromatic heterocycles. The number of carbonyl (C=O) groups is 1. The number of nitrogens with one attached hydrogen (secondary N) is 1. The standard InChI is InChI=1S/C20H21N5O4/c1-12-10-17(15-4-3-5-16(25(27)28)19(15)21-12)24-8-6-14(7-9-24)20(26)22-18-11-13(2)29-23-18/h3-5,10-11,14H,6-9H2,1-2H3,(H,22,23,26). The number of hydrogen-bond acceptors (Lipinski definition) is 7. The molecule has 3 aromatic rings. The molecule has 0 bridgehead atoms. The summed E-state index contributed by atoms with van der Waals surface area (Å²) in [5.41, 5.74) is 2.05. The summed E-state index contributed by atoms with van der Waals surface area (Å²) in [6.45, 7) is 4.96. The van der Waals surface area contributed by atoms with E-state index in [0.29, 0.717) is 43.0 Å². The highest BCUT2D eigenvalue weighted by Crippen LogP contribution is 2.34. The molecule has 29 heavy (non-hydrogen) atoms. The van der Waals surface area contributed by atoms with Gasteiger partial charge in [-0.15, -0.1) is 0 Å². The second-order valence-electron chi connectivity index (χ2n) is 7.29. The van der Waals surface area contributed by atoms with Crippen LogP contribution in [0.1, 0.15) is 24.3 Å². The van der Waals surface area contributed by atoms with Gasteiger partial charge in [0.2, 0.25) is 5.91 Å². The Morgan fingerprint density at radius 2 is 2.03 bits per heavy atom. The molecule has 1 aliphatic rings. The number of nitro benzene ring substituents is 1. The van der Waals surface area contributed by atoms with Gasteiger partial charge in [-0.05, 0) is 32.8 Å². The summed E-state index contributed by atoms with van der Waals surface area (Å²) in [7, 11) is 0. The van der Waals surface area contributed by atoms with E-state index in [-0.39, 0.29) is 17.5 Å². The molecule has 150 valence electrons. The van der Waals surface area contributed by atoms with Gasteiger partial charge in [0, 0.05) is 47.9 Å². The molecule has 0 unspecified atom stereocenters. The number of carbonyl (C=O) groups excluding carboxylic acids is 1. The lowest BCUT2D eigenvalue weighted by Crippen LogP contribution is -2.38. The van der Waals surface area contributed by atoms with Crippen molar-refractivity contribution in [2.24, 2.45) is 5.92 Å². The topological polar surface area (TPSA) is 114 Å². The fourth-order valence-electron chi connectivity index (χ4n) is 3.78. The maximum atomic E-state index is 12.5. The average molecular weight is 395 g/mol. The Bertz CT molecular complexity index is 1090. The van der Waals surface area contributed by atoms with Gasteiger partial charge < -0.3 is 14.7 Å². The molecule has 1 aromatic carbocycles. The lowest BCUT2D eigenvalue weighted by molar-refractivity contribution is -0.383. The fourth-order valence-corrected chi connectivity index (χ4v) is 3.78. The molecule has 3 heterocycles. The van der Waals surface area contributed by atoms with Crippen molar-refractivity contribution < 1.29 is 14.2 Å². The van der Waals surface area contributed by atoms with Crippen LogP contribution in [0.5, 0.6) is 0 Å². The lowest BCUT2D eigenvalue weighted by atomic mass is 9.95. The molecule has 9 nitrogen and oxygen atoms in total. The van der Waals surface area contributed by atoms with Gasteiger partial charge in [0.1, 0.15) is 5.76 Å². The Kier molecular flexibility index (Phi) is 4.87. The Labute approximate surface area is 166 Å². The van der Waals surface area contributed by atoms with Crippen LogP contribution in [0.2, 0.25) is 0 Å². The summed E-state index contributed by atoms with van der Waals surface area (Å²) in [6.07, 6.45) is 1.36. The summed E-state index contributed by atoms with van der Waals surface area (Å²) in [5.74, 6) is 0.887.